The molecule has 3 nitrogen and oxygen atoms in total. The molecule has 5 heteroatoms. The van der Waals surface area contributed by atoms with E-state index in [1.54, 1.807) is 0 Å². The van der Waals surface area contributed by atoms with Crippen molar-refractivity contribution in [3.8, 4) is 0 Å². The molecule has 2 N–H and O–H groups in total. The lowest BCUT2D eigenvalue weighted by Crippen LogP contribution is -2.38. The number of benzene rings is 1. The van der Waals surface area contributed by atoms with Crippen LogP contribution in [0, 0.1) is 5.92 Å². The number of hydrogen-bond donors (Lipinski definition) is 2. The number of nitrogens with one attached hydrogen (secondary N) is 1. The lowest BCUT2D eigenvalue weighted by Gasteiger charge is -2.16. The number of halogens is 2. The van der Waals surface area contributed by atoms with Gasteiger partial charge in [-0.1, -0.05) is 43.1 Å². The van der Waals surface area contributed by atoms with Crippen molar-refractivity contribution in [3.63, 3.8) is 0 Å². The second kappa shape index (κ2) is 8.50. The van der Waals surface area contributed by atoms with E-state index < -0.39 is 12.0 Å². The van der Waals surface area contributed by atoms with Crippen molar-refractivity contribution in [2.45, 2.75) is 39.2 Å². The molecule has 0 amide bonds. The monoisotopic (exact) mass is 317 g/mol. The minimum atomic E-state index is -0.797. The fraction of sp³-hybridized carbons (Fsp3) is 0.533. The van der Waals surface area contributed by atoms with E-state index in [-0.39, 0.29) is 0 Å². The summed E-state index contributed by atoms with van der Waals surface area (Å²) >= 11 is 12.2. The molecular weight excluding hydrogens is 297 g/mol. The van der Waals surface area contributed by atoms with Gasteiger partial charge in [-0.05, 0) is 49.4 Å². The Morgan fingerprint density at radius 2 is 1.90 bits per heavy atom. The molecule has 0 heterocycles. The predicted molar refractivity (Wildman–Crippen MR) is 83.7 cm³/mol. The van der Waals surface area contributed by atoms with E-state index in [1.165, 1.54) is 0 Å². The van der Waals surface area contributed by atoms with Crippen molar-refractivity contribution in [1.82, 2.24) is 5.32 Å². The summed E-state index contributed by atoms with van der Waals surface area (Å²) in [6.07, 6.45) is 2.16. The third-order valence-electron chi connectivity index (χ3n) is 3.06. The smallest absolute Gasteiger partial charge is 0.320 e. The molecule has 0 spiro atoms. The average molecular weight is 318 g/mol. The largest absolute Gasteiger partial charge is 0.480 e. The maximum Gasteiger partial charge on any atom is 0.320 e. The highest BCUT2D eigenvalue weighted by molar-refractivity contribution is 6.35. The Labute approximate surface area is 130 Å². The number of carboxylic acid groups (broad SMARTS) is 1. The molecular formula is C15H21Cl2NO2. The van der Waals surface area contributed by atoms with Crippen LogP contribution < -0.4 is 5.32 Å². The van der Waals surface area contributed by atoms with Crippen LogP contribution in [0.2, 0.25) is 10.0 Å². The number of carbonyl (C=O) groups is 1. The van der Waals surface area contributed by atoms with E-state index in [2.05, 4.69) is 5.32 Å². The molecule has 1 aromatic carbocycles. The molecule has 0 aromatic heterocycles. The zero-order valence-electron chi connectivity index (χ0n) is 11.8. The first-order chi connectivity index (χ1) is 9.41. The lowest BCUT2D eigenvalue weighted by atomic mass is 10.0. The highest BCUT2D eigenvalue weighted by atomic mass is 35.5. The standard InChI is InChI=1S/C15H21Cl2NO2/c1-10(2)9-14(15(19)20)18-8-4-5-11-12(16)6-3-7-13(11)17/h3,6-7,10,14,18H,4-5,8-9H2,1-2H3,(H,19,20)/t14-/m0/s1. The molecule has 0 saturated heterocycles. The topological polar surface area (TPSA) is 49.3 Å². The van der Waals surface area contributed by atoms with Gasteiger partial charge in [-0.15, -0.1) is 0 Å². The third kappa shape index (κ3) is 5.70. The van der Waals surface area contributed by atoms with Crippen LogP contribution in [0.4, 0.5) is 0 Å². The molecule has 1 atom stereocenters. The summed E-state index contributed by atoms with van der Waals surface area (Å²) < 4.78 is 0. The summed E-state index contributed by atoms with van der Waals surface area (Å²) in [5, 5.41) is 13.5. The molecule has 0 fully saturated rings. The van der Waals surface area contributed by atoms with Gasteiger partial charge < -0.3 is 10.4 Å². The van der Waals surface area contributed by atoms with Crippen molar-refractivity contribution >= 4 is 29.2 Å². The van der Waals surface area contributed by atoms with Crippen LogP contribution in [0.15, 0.2) is 18.2 Å². The van der Waals surface area contributed by atoms with Crippen molar-refractivity contribution in [3.05, 3.63) is 33.8 Å². The molecule has 1 aromatic rings. The average Bonchev–Trinajstić information content (AvgIpc) is 2.35. The lowest BCUT2D eigenvalue weighted by molar-refractivity contribution is -0.139. The van der Waals surface area contributed by atoms with E-state index in [0.29, 0.717) is 28.9 Å². The van der Waals surface area contributed by atoms with Gasteiger partial charge in [0.2, 0.25) is 0 Å². The van der Waals surface area contributed by atoms with E-state index in [1.807, 2.05) is 32.0 Å². The zero-order chi connectivity index (χ0) is 15.1. The Balaban J connectivity index is 2.42. The van der Waals surface area contributed by atoms with Gasteiger partial charge >= 0.3 is 5.97 Å². The molecule has 1 rings (SSSR count). The van der Waals surface area contributed by atoms with Crippen LogP contribution in [0.25, 0.3) is 0 Å². The number of rotatable bonds is 8. The van der Waals surface area contributed by atoms with Gasteiger partial charge in [-0.2, -0.15) is 0 Å². The predicted octanol–water partition coefficient (Wildman–Crippen LogP) is 4.01. The fourth-order valence-corrected chi connectivity index (χ4v) is 2.64. The first-order valence-corrected chi connectivity index (χ1v) is 7.56. The third-order valence-corrected chi connectivity index (χ3v) is 3.77. The van der Waals surface area contributed by atoms with E-state index in [9.17, 15) is 4.79 Å². The fourth-order valence-electron chi connectivity index (χ4n) is 2.06. The molecule has 0 aliphatic heterocycles. The Bertz CT molecular complexity index is 429. The number of hydrogen-bond acceptors (Lipinski definition) is 2. The van der Waals surface area contributed by atoms with Gasteiger partial charge in [-0.3, -0.25) is 4.79 Å². The number of carboxylic acids is 1. The molecule has 0 bridgehead atoms. The van der Waals surface area contributed by atoms with Crippen molar-refractivity contribution in [2.75, 3.05) is 6.54 Å². The van der Waals surface area contributed by atoms with Crippen LogP contribution in [-0.4, -0.2) is 23.7 Å². The second-order valence-corrected chi connectivity index (χ2v) is 6.09. The van der Waals surface area contributed by atoms with E-state index in [0.717, 1.165) is 18.4 Å². The van der Waals surface area contributed by atoms with Gasteiger partial charge in [0, 0.05) is 10.0 Å². The van der Waals surface area contributed by atoms with Gasteiger partial charge in [-0.25, -0.2) is 0 Å². The molecule has 0 aliphatic rings. The van der Waals surface area contributed by atoms with Crippen LogP contribution in [0.5, 0.6) is 0 Å². The minimum absolute atomic E-state index is 0.349. The van der Waals surface area contributed by atoms with Crippen molar-refractivity contribution < 1.29 is 9.90 Å². The molecule has 20 heavy (non-hydrogen) atoms. The molecule has 0 aliphatic carbocycles. The Hall–Kier alpha value is -0.770. The second-order valence-electron chi connectivity index (χ2n) is 5.28. The number of aliphatic carboxylic acids is 1. The van der Waals surface area contributed by atoms with Gasteiger partial charge in [0.1, 0.15) is 6.04 Å². The van der Waals surface area contributed by atoms with Gasteiger partial charge in [0.25, 0.3) is 0 Å². The summed E-state index contributed by atoms with van der Waals surface area (Å²) in [4.78, 5) is 11.1. The maximum absolute atomic E-state index is 11.1. The van der Waals surface area contributed by atoms with E-state index in [4.69, 9.17) is 28.3 Å². The van der Waals surface area contributed by atoms with Gasteiger partial charge in [0.15, 0.2) is 0 Å². The summed E-state index contributed by atoms with van der Waals surface area (Å²) in [7, 11) is 0. The van der Waals surface area contributed by atoms with Crippen LogP contribution in [0.1, 0.15) is 32.3 Å². The van der Waals surface area contributed by atoms with Crippen molar-refractivity contribution in [2.24, 2.45) is 5.92 Å². The highest BCUT2D eigenvalue weighted by Gasteiger charge is 2.17. The Morgan fingerprint density at radius 1 is 1.30 bits per heavy atom. The quantitative estimate of drug-likeness (QED) is 0.712. The first-order valence-electron chi connectivity index (χ1n) is 6.81. The van der Waals surface area contributed by atoms with Gasteiger partial charge in [0.05, 0.1) is 0 Å². The SMILES string of the molecule is CC(C)C[C@H](NCCCc1c(Cl)cccc1Cl)C(=O)O. The summed E-state index contributed by atoms with van der Waals surface area (Å²) in [5.74, 6) is -0.448. The summed E-state index contributed by atoms with van der Waals surface area (Å²) in [6.45, 7) is 4.66. The zero-order valence-corrected chi connectivity index (χ0v) is 13.3. The summed E-state index contributed by atoms with van der Waals surface area (Å²) in [5.41, 5.74) is 0.924. The maximum atomic E-state index is 11.1. The molecule has 112 valence electrons. The minimum Gasteiger partial charge on any atom is -0.480 e. The van der Waals surface area contributed by atoms with Crippen LogP contribution in [0.3, 0.4) is 0 Å². The van der Waals surface area contributed by atoms with Crippen LogP contribution >= 0.6 is 23.2 Å². The Kier molecular flexibility index (Phi) is 7.35. The van der Waals surface area contributed by atoms with E-state index >= 15 is 0 Å². The Morgan fingerprint density at radius 3 is 2.40 bits per heavy atom. The molecule has 0 unspecified atom stereocenters. The summed E-state index contributed by atoms with van der Waals surface area (Å²) in [6, 6.07) is 4.95. The molecule has 0 saturated carbocycles. The normalized spacial score (nSPS) is 12.7. The van der Waals surface area contributed by atoms with Crippen LogP contribution in [-0.2, 0) is 11.2 Å². The van der Waals surface area contributed by atoms with Crippen molar-refractivity contribution in [1.29, 1.82) is 0 Å². The first kappa shape index (κ1) is 17.3. The highest BCUT2D eigenvalue weighted by Crippen LogP contribution is 2.25. The molecule has 0 radical (unpaired) electrons.